The molecule has 0 saturated carbocycles. The second kappa shape index (κ2) is 6.25. The number of carbonyl (C=O) groups excluding carboxylic acids is 1. The van der Waals surface area contributed by atoms with Crippen LogP contribution in [0.1, 0.15) is 18.4 Å². The predicted molar refractivity (Wildman–Crippen MR) is 63.6 cm³/mol. The topological polar surface area (TPSA) is 47.6 Å². The van der Waals surface area contributed by atoms with Gasteiger partial charge in [-0.05, 0) is 18.4 Å². The van der Waals surface area contributed by atoms with E-state index >= 15 is 0 Å². The maximum absolute atomic E-state index is 11.4. The van der Waals surface area contributed by atoms with Gasteiger partial charge in [0.2, 0.25) is 0 Å². The van der Waals surface area contributed by atoms with Gasteiger partial charge in [0.05, 0.1) is 6.10 Å². The van der Waals surface area contributed by atoms with E-state index in [0.717, 1.165) is 25.0 Å². The first-order valence-corrected chi connectivity index (χ1v) is 5.91. The fourth-order valence-corrected chi connectivity index (χ4v) is 1.78. The third-order valence-corrected chi connectivity index (χ3v) is 2.71. The molecule has 1 fully saturated rings. The molecule has 1 unspecified atom stereocenters. The molecule has 1 aliphatic rings. The van der Waals surface area contributed by atoms with Crippen molar-refractivity contribution in [1.82, 2.24) is 5.32 Å². The molecule has 17 heavy (non-hydrogen) atoms. The highest BCUT2D eigenvalue weighted by molar-refractivity contribution is 5.67. The molecular weight excluding hydrogens is 218 g/mol. The Morgan fingerprint density at radius 2 is 2.24 bits per heavy atom. The van der Waals surface area contributed by atoms with Gasteiger partial charge in [-0.15, -0.1) is 0 Å². The minimum atomic E-state index is -0.385. The molecule has 1 atom stereocenters. The van der Waals surface area contributed by atoms with E-state index in [0.29, 0.717) is 13.2 Å². The zero-order valence-corrected chi connectivity index (χ0v) is 9.72. The first-order valence-electron chi connectivity index (χ1n) is 5.91. The summed E-state index contributed by atoms with van der Waals surface area (Å²) in [6.07, 6.45) is 1.85. The van der Waals surface area contributed by atoms with Crippen LogP contribution in [0.4, 0.5) is 4.79 Å². The normalized spacial score (nSPS) is 18.9. The predicted octanol–water partition coefficient (Wildman–Crippen LogP) is 2.09. The van der Waals surface area contributed by atoms with E-state index in [1.165, 1.54) is 0 Å². The van der Waals surface area contributed by atoms with Gasteiger partial charge in [-0.1, -0.05) is 30.3 Å². The van der Waals surface area contributed by atoms with Gasteiger partial charge in [0.25, 0.3) is 0 Å². The van der Waals surface area contributed by atoms with E-state index in [1.54, 1.807) is 0 Å². The van der Waals surface area contributed by atoms with Gasteiger partial charge in [0.1, 0.15) is 6.61 Å². The molecule has 1 N–H and O–H groups in total. The monoisotopic (exact) mass is 235 g/mol. The quantitative estimate of drug-likeness (QED) is 0.869. The number of hydrogen-bond donors (Lipinski definition) is 1. The standard InChI is InChI=1S/C13H17NO3/c15-13(14-9-12-7-4-8-16-12)17-10-11-5-2-1-3-6-11/h1-3,5-6,12H,4,7-10H2,(H,14,15). The van der Waals surface area contributed by atoms with E-state index in [9.17, 15) is 4.79 Å². The Kier molecular flexibility index (Phi) is 4.38. The van der Waals surface area contributed by atoms with Crippen molar-refractivity contribution in [3.8, 4) is 0 Å². The number of ether oxygens (including phenoxy) is 2. The van der Waals surface area contributed by atoms with Crippen LogP contribution in [0.3, 0.4) is 0 Å². The molecule has 92 valence electrons. The van der Waals surface area contributed by atoms with Gasteiger partial charge in [-0.3, -0.25) is 0 Å². The average molecular weight is 235 g/mol. The highest BCUT2D eigenvalue weighted by atomic mass is 16.5. The summed E-state index contributed by atoms with van der Waals surface area (Å²) in [5.74, 6) is 0. The minimum Gasteiger partial charge on any atom is -0.445 e. The van der Waals surface area contributed by atoms with Crippen molar-refractivity contribution in [2.75, 3.05) is 13.2 Å². The van der Waals surface area contributed by atoms with Gasteiger partial charge in [-0.25, -0.2) is 4.79 Å². The number of hydrogen-bond acceptors (Lipinski definition) is 3. The van der Waals surface area contributed by atoms with E-state index < -0.39 is 0 Å². The summed E-state index contributed by atoms with van der Waals surface area (Å²) in [5.41, 5.74) is 0.986. The first kappa shape index (κ1) is 11.9. The van der Waals surface area contributed by atoms with Crippen LogP contribution in [0.2, 0.25) is 0 Å². The third kappa shape index (κ3) is 4.07. The molecule has 0 bridgehead atoms. The molecule has 0 spiro atoms. The van der Waals surface area contributed by atoms with Crippen LogP contribution in [0, 0.1) is 0 Å². The molecule has 1 aromatic carbocycles. The number of benzene rings is 1. The van der Waals surface area contributed by atoms with Crippen molar-refractivity contribution in [3.63, 3.8) is 0 Å². The van der Waals surface area contributed by atoms with Gasteiger partial charge >= 0.3 is 6.09 Å². The molecule has 1 saturated heterocycles. The van der Waals surface area contributed by atoms with Crippen molar-refractivity contribution in [2.24, 2.45) is 0 Å². The highest BCUT2D eigenvalue weighted by Crippen LogP contribution is 2.10. The molecule has 2 rings (SSSR count). The van der Waals surface area contributed by atoms with Crippen molar-refractivity contribution in [2.45, 2.75) is 25.6 Å². The number of carbonyl (C=O) groups is 1. The van der Waals surface area contributed by atoms with Crippen LogP contribution >= 0.6 is 0 Å². The molecule has 1 aliphatic heterocycles. The Morgan fingerprint density at radius 3 is 2.94 bits per heavy atom. The second-order valence-corrected chi connectivity index (χ2v) is 4.08. The smallest absolute Gasteiger partial charge is 0.407 e. The fraction of sp³-hybridized carbons (Fsp3) is 0.462. The summed E-state index contributed by atoms with van der Waals surface area (Å²) in [5, 5.41) is 2.71. The lowest BCUT2D eigenvalue weighted by Gasteiger charge is -2.11. The van der Waals surface area contributed by atoms with Crippen LogP contribution in [-0.2, 0) is 16.1 Å². The lowest BCUT2D eigenvalue weighted by molar-refractivity contribution is 0.0997. The highest BCUT2D eigenvalue weighted by Gasteiger charge is 2.16. The fourth-order valence-electron chi connectivity index (χ4n) is 1.78. The van der Waals surface area contributed by atoms with Crippen LogP contribution < -0.4 is 5.32 Å². The van der Waals surface area contributed by atoms with Crippen LogP contribution in [0.25, 0.3) is 0 Å². The molecule has 1 aromatic rings. The Morgan fingerprint density at radius 1 is 1.41 bits per heavy atom. The van der Waals surface area contributed by atoms with Gasteiger partial charge < -0.3 is 14.8 Å². The van der Waals surface area contributed by atoms with Gasteiger partial charge in [0.15, 0.2) is 0 Å². The van der Waals surface area contributed by atoms with Crippen molar-refractivity contribution < 1.29 is 14.3 Å². The molecule has 1 heterocycles. The zero-order valence-electron chi connectivity index (χ0n) is 9.72. The van der Waals surface area contributed by atoms with E-state index in [2.05, 4.69) is 5.32 Å². The molecule has 0 aromatic heterocycles. The van der Waals surface area contributed by atoms with Gasteiger partial charge in [-0.2, -0.15) is 0 Å². The van der Waals surface area contributed by atoms with Crippen molar-refractivity contribution >= 4 is 6.09 Å². The maximum atomic E-state index is 11.4. The Hall–Kier alpha value is -1.55. The number of rotatable bonds is 4. The molecule has 1 amide bonds. The minimum absolute atomic E-state index is 0.152. The zero-order chi connectivity index (χ0) is 11.9. The van der Waals surface area contributed by atoms with E-state index in [4.69, 9.17) is 9.47 Å². The summed E-state index contributed by atoms with van der Waals surface area (Å²) >= 11 is 0. The van der Waals surface area contributed by atoms with Crippen LogP contribution in [0.5, 0.6) is 0 Å². The average Bonchev–Trinajstić information content (AvgIpc) is 2.88. The van der Waals surface area contributed by atoms with Crippen molar-refractivity contribution in [3.05, 3.63) is 35.9 Å². The van der Waals surface area contributed by atoms with E-state index in [-0.39, 0.29) is 12.2 Å². The summed E-state index contributed by atoms with van der Waals surface area (Å²) in [6.45, 7) is 1.64. The van der Waals surface area contributed by atoms with Crippen LogP contribution in [-0.4, -0.2) is 25.3 Å². The summed E-state index contributed by atoms with van der Waals surface area (Å²) < 4.78 is 10.5. The molecular formula is C13H17NO3. The molecule has 4 nitrogen and oxygen atoms in total. The molecule has 4 heteroatoms. The number of amides is 1. The van der Waals surface area contributed by atoms with Crippen molar-refractivity contribution in [1.29, 1.82) is 0 Å². The molecule has 0 aliphatic carbocycles. The first-order chi connectivity index (χ1) is 8.34. The summed E-state index contributed by atoms with van der Waals surface area (Å²) in [7, 11) is 0. The Labute approximate surface area is 101 Å². The Bertz CT molecular complexity index is 347. The lowest BCUT2D eigenvalue weighted by atomic mass is 10.2. The molecule has 0 radical (unpaired) electrons. The third-order valence-electron chi connectivity index (χ3n) is 2.71. The number of alkyl carbamates (subject to hydrolysis) is 1. The summed E-state index contributed by atoms with van der Waals surface area (Å²) in [6, 6.07) is 9.62. The maximum Gasteiger partial charge on any atom is 0.407 e. The van der Waals surface area contributed by atoms with E-state index in [1.807, 2.05) is 30.3 Å². The largest absolute Gasteiger partial charge is 0.445 e. The van der Waals surface area contributed by atoms with Crippen LogP contribution in [0.15, 0.2) is 30.3 Å². The number of nitrogens with one attached hydrogen (secondary N) is 1. The second-order valence-electron chi connectivity index (χ2n) is 4.08. The van der Waals surface area contributed by atoms with Gasteiger partial charge in [0, 0.05) is 13.2 Å². The SMILES string of the molecule is O=C(NCC1CCCO1)OCc1ccccc1. The Balaban J connectivity index is 1.64. The lowest BCUT2D eigenvalue weighted by Crippen LogP contribution is -2.32. The summed E-state index contributed by atoms with van der Waals surface area (Å²) in [4.78, 5) is 11.4.